The zero-order chi connectivity index (χ0) is 12.0. The molecule has 0 unspecified atom stereocenters. The van der Waals surface area contributed by atoms with Gasteiger partial charge in [0.25, 0.3) is 0 Å². The standard InChI is InChI=1S/C12H20N2O2/c1-10-9-11(5-8-14-10)12(15-2,16-3)6-4-7-13/h5,8-9H,4,6-7,13H2,1-3H3. The molecule has 0 aliphatic carbocycles. The van der Waals surface area contributed by atoms with Crippen molar-refractivity contribution in [2.75, 3.05) is 20.8 Å². The van der Waals surface area contributed by atoms with Crippen molar-refractivity contribution in [3.8, 4) is 0 Å². The number of nitrogens with zero attached hydrogens (tertiary/aromatic N) is 1. The minimum absolute atomic E-state index is 0.624. The van der Waals surface area contributed by atoms with Gasteiger partial charge < -0.3 is 15.2 Å². The summed E-state index contributed by atoms with van der Waals surface area (Å²) < 4.78 is 11.0. The first-order valence-corrected chi connectivity index (χ1v) is 5.42. The van der Waals surface area contributed by atoms with Gasteiger partial charge in [-0.3, -0.25) is 4.98 Å². The van der Waals surface area contributed by atoms with E-state index in [0.717, 1.165) is 24.1 Å². The smallest absolute Gasteiger partial charge is 0.194 e. The third-order valence-corrected chi connectivity index (χ3v) is 2.71. The van der Waals surface area contributed by atoms with Gasteiger partial charge in [-0.1, -0.05) is 0 Å². The van der Waals surface area contributed by atoms with Gasteiger partial charge in [0, 0.05) is 38.1 Å². The summed E-state index contributed by atoms with van der Waals surface area (Å²) in [6.07, 6.45) is 3.35. The molecule has 0 aliphatic heterocycles. The molecule has 90 valence electrons. The maximum atomic E-state index is 5.53. The van der Waals surface area contributed by atoms with E-state index in [4.69, 9.17) is 15.2 Å². The maximum absolute atomic E-state index is 5.53. The first-order valence-electron chi connectivity index (χ1n) is 5.42. The van der Waals surface area contributed by atoms with Crippen LogP contribution in [0.4, 0.5) is 0 Å². The number of aromatic nitrogens is 1. The Morgan fingerprint density at radius 3 is 2.56 bits per heavy atom. The minimum atomic E-state index is -0.701. The minimum Gasteiger partial charge on any atom is -0.349 e. The zero-order valence-electron chi connectivity index (χ0n) is 10.2. The number of nitrogens with two attached hydrogens (primary N) is 1. The van der Waals surface area contributed by atoms with Gasteiger partial charge in [0.2, 0.25) is 0 Å². The Labute approximate surface area is 96.8 Å². The van der Waals surface area contributed by atoms with Gasteiger partial charge >= 0.3 is 0 Å². The first kappa shape index (κ1) is 13.1. The summed E-state index contributed by atoms with van der Waals surface area (Å²) in [5.74, 6) is -0.701. The molecule has 0 spiro atoms. The van der Waals surface area contributed by atoms with Crippen LogP contribution in [0.25, 0.3) is 0 Å². The summed E-state index contributed by atoms with van der Waals surface area (Å²) in [6, 6.07) is 3.89. The van der Waals surface area contributed by atoms with Crippen LogP contribution in [0.15, 0.2) is 18.3 Å². The molecule has 1 heterocycles. The topological polar surface area (TPSA) is 57.4 Å². The lowest BCUT2D eigenvalue weighted by Crippen LogP contribution is -2.31. The van der Waals surface area contributed by atoms with Crippen LogP contribution in [-0.2, 0) is 15.3 Å². The van der Waals surface area contributed by atoms with E-state index >= 15 is 0 Å². The van der Waals surface area contributed by atoms with Crippen LogP contribution < -0.4 is 5.73 Å². The van der Waals surface area contributed by atoms with Gasteiger partial charge in [0.1, 0.15) is 0 Å². The Balaban J connectivity index is 2.99. The first-order chi connectivity index (χ1) is 7.68. The predicted octanol–water partition coefficient (Wildman–Crippen LogP) is 1.57. The highest BCUT2D eigenvalue weighted by Crippen LogP contribution is 2.30. The molecule has 16 heavy (non-hydrogen) atoms. The summed E-state index contributed by atoms with van der Waals surface area (Å²) in [5.41, 5.74) is 7.46. The molecule has 1 aromatic rings. The second-order valence-corrected chi connectivity index (χ2v) is 3.74. The van der Waals surface area contributed by atoms with Crippen LogP contribution in [0.1, 0.15) is 24.1 Å². The monoisotopic (exact) mass is 224 g/mol. The van der Waals surface area contributed by atoms with E-state index < -0.39 is 5.79 Å². The molecular weight excluding hydrogens is 204 g/mol. The van der Waals surface area contributed by atoms with E-state index in [1.807, 2.05) is 19.1 Å². The number of hydrogen-bond acceptors (Lipinski definition) is 4. The second kappa shape index (κ2) is 5.94. The van der Waals surface area contributed by atoms with Gasteiger partial charge in [-0.25, -0.2) is 0 Å². The molecule has 0 saturated heterocycles. The van der Waals surface area contributed by atoms with Gasteiger partial charge in [0.15, 0.2) is 5.79 Å². The average molecular weight is 224 g/mol. The van der Waals surface area contributed by atoms with Crippen molar-refractivity contribution in [2.45, 2.75) is 25.6 Å². The largest absolute Gasteiger partial charge is 0.349 e. The summed E-state index contributed by atoms with van der Waals surface area (Å²) >= 11 is 0. The van der Waals surface area contributed by atoms with Crippen molar-refractivity contribution < 1.29 is 9.47 Å². The van der Waals surface area contributed by atoms with Crippen molar-refractivity contribution in [3.05, 3.63) is 29.6 Å². The number of ether oxygens (including phenoxy) is 2. The van der Waals surface area contributed by atoms with Crippen molar-refractivity contribution in [3.63, 3.8) is 0 Å². The molecule has 0 bridgehead atoms. The molecule has 0 fully saturated rings. The molecule has 0 radical (unpaired) electrons. The van der Waals surface area contributed by atoms with Gasteiger partial charge in [-0.05, 0) is 32.0 Å². The van der Waals surface area contributed by atoms with Crippen LogP contribution >= 0.6 is 0 Å². The fourth-order valence-electron chi connectivity index (χ4n) is 1.78. The third-order valence-electron chi connectivity index (χ3n) is 2.71. The molecular formula is C12H20N2O2. The van der Waals surface area contributed by atoms with Crippen molar-refractivity contribution in [1.29, 1.82) is 0 Å². The molecule has 1 aromatic heterocycles. The summed E-state index contributed by atoms with van der Waals surface area (Å²) in [4.78, 5) is 4.17. The van der Waals surface area contributed by atoms with Crippen LogP contribution in [0.5, 0.6) is 0 Å². The molecule has 0 amide bonds. The number of rotatable bonds is 6. The lowest BCUT2D eigenvalue weighted by atomic mass is 10.0. The lowest BCUT2D eigenvalue weighted by Gasteiger charge is -2.31. The molecule has 1 rings (SSSR count). The number of hydrogen-bond donors (Lipinski definition) is 1. The summed E-state index contributed by atoms with van der Waals surface area (Å²) in [6.45, 7) is 2.57. The molecule has 4 heteroatoms. The fourth-order valence-corrected chi connectivity index (χ4v) is 1.78. The number of aryl methyl sites for hydroxylation is 1. The highest BCUT2D eigenvalue weighted by Gasteiger charge is 2.31. The van der Waals surface area contributed by atoms with Crippen molar-refractivity contribution in [2.24, 2.45) is 5.73 Å². The lowest BCUT2D eigenvalue weighted by molar-refractivity contribution is -0.220. The molecule has 2 N–H and O–H groups in total. The van der Waals surface area contributed by atoms with E-state index in [1.165, 1.54) is 0 Å². The number of pyridine rings is 1. The van der Waals surface area contributed by atoms with Crippen LogP contribution in [0.2, 0.25) is 0 Å². The normalized spacial score (nSPS) is 11.8. The Kier molecular flexibility index (Phi) is 4.86. The van der Waals surface area contributed by atoms with E-state index in [2.05, 4.69) is 4.98 Å². The predicted molar refractivity (Wildman–Crippen MR) is 63.0 cm³/mol. The Morgan fingerprint density at radius 1 is 1.38 bits per heavy atom. The Morgan fingerprint density at radius 2 is 2.06 bits per heavy atom. The number of methoxy groups -OCH3 is 2. The van der Waals surface area contributed by atoms with Gasteiger partial charge in [-0.2, -0.15) is 0 Å². The highest BCUT2D eigenvalue weighted by molar-refractivity contribution is 5.21. The Bertz CT molecular complexity index is 325. The Hall–Kier alpha value is -0.970. The summed E-state index contributed by atoms with van der Waals surface area (Å²) in [5, 5.41) is 0. The van der Waals surface area contributed by atoms with E-state index in [0.29, 0.717) is 6.54 Å². The average Bonchev–Trinajstić information content (AvgIpc) is 2.31. The molecule has 0 aromatic carbocycles. The molecule has 0 atom stereocenters. The quantitative estimate of drug-likeness (QED) is 0.745. The summed E-state index contributed by atoms with van der Waals surface area (Å²) in [7, 11) is 3.30. The van der Waals surface area contributed by atoms with E-state index in [9.17, 15) is 0 Å². The van der Waals surface area contributed by atoms with Crippen molar-refractivity contribution >= 4 is 0 Å². The van der Waals surface area contributed by atoms with Crippen LogP contribution in [0, 0.1) is 6.92 Å². The zero-order valence-corrected chi connectivity index (χ0v) is 10.2. The highest BCUT2D eigenvalue weighted by atomic mass is 16.7. The molecule has 4 nitrogen and oxygen atoms in total. The van der Waals surface area contributed by atoms with Gasteiger partial charge in [0.05, 0.1) is 0 Å². The molecule has 0 saturated carbocycles. The van der Waals surface area contributed by atoms with E-state index in [1.54, 1.807) is 20.4 Å². The van der Waals surface area contributed by atoms with Crippen molar-refractivity contribution in [1.82, 2.24) is 4.98 Å². The second-order valence-electron chi connectivity index (χ2n) is 3.74. The van der Waals surface area contributed by atoms with Crippen LogP contribution in [0.3, 0.4) is 0 Å². The molecule has 0 aliphatic rings. The SMILES string of the molecule is COC(CCCN)(OC)c1ccnc(C)c1. The maximum Gasteiger partial charge on any atom is 0.194 e. The van der Waals surface area contributed by atoms with E-state index in [-0.39, 0.29) is 0 Å². The fraction of sp³-hybridized carbons (Fsp3) is 0.583. The van der Waals surface area contributed by atoms with Crippen LogP contribution in [-0.4, -0.2) is 25.7 Å². The van der Waals surface area contributed by atoms with Gasteiger partial charge in [-0.15, -0.1) is 0 Å². The third kappa shape index (κ3) is 2.78.